The molecule has 2 N–H and O–H groups in total. The molecule has 1 rings (SSSR count). The second kappa shape index (κ2) is 3.94. The molecule has 0 aliphatic heterocycles. The van der Waals surface area contributed by atoms with Crippen LogP contribution in [-0.4, -0.2) is 19.1 Å². The van der Waals surface area contributed by atoms with E-state index in [4.69, 9.17) is 29.6 Å². The van der Waals surface area contributed by atoms with Crippen LogP contribution in [0.1, 0.15) is 5.56 Å². The number of rotatable bonds is 2. The Labute approximate surface area is 88.3 Å². The van der Waals surface area contributed by atoms with E-state index in [1.807, 2.05) is 31.1 Å². The molecule has 0 atom stereocenters. The molecule has 0 unspecified atom stereocenters. The number of halogens is 1. The normalized spacial score (nSPS) is 9.77. The van der Waals surface area contributed by atoms with Crippen LogP contribution in [0.4, 0.5) is 5.69 Å². The number of benzene rings is 1. The minimum atomic E-state index is 0.328. The molecule has 0 aliphatic carbocycles. The Kier molecular flexibility index (Phi) is 3.12. The third kappa shape index (κ3) is 2.11. The van der Waals surface area contributed by atoms with E-state index in [0.717, 1.165) is 11.3 Å². The molecule has 2 nitrogen and oxygen atoms in total. The van der Waals surface area contributed by atoms with Crippen molar-refractivity contribution >= 4 is 34.5 Å². The Hall–Kier alpha value is -0.800. The predicted molar refractivity (Wildman–Crippen MR) is 61.7 cm³/mol. The van der Waals surface area contributed by atoms with E-state index in [-0.39, 0.29) is 0 Å². The smallest absolute Gasteiger partial charge is 0.107 e. The highest BCUT2D eigenvalue weighted by molar-refractivity contribution is 7.80. The molecule has 1 aromatic rings. The third-order valence-corrected chi connectivity index (χ3v) is 2.24. The van der Waals surface area contributed by atoms with Gasteiger partial charge in [-0.2, -0.15) is 0 Å². The lowest BCUT2D eigenvalue weighted by molar-refractivity contribution is 1.13. The summed E-state index contributed by atoms with van der Waals surface area (Å²) < 4.78 is 0. The molecule has 0 amide bonds. The topological polar surface area (TPSA) is 29.3 Å². The lowest BCUT2D eigenvalue weighted by Gasteiger charge is -2.17. The molecule has 13 heavy (non-hydrogen) atoms. The Balaban J connectivity index is 3.34. The van der Waals surface area contributed by atoms with Crippen LogP contribution >= 0.6 is 23.8 Å². The predicted octanol–water partition coefficient (Wildman–Crippen LogP) is 2.04. The maximum atomic E-state index is 5.97. The molecule has 4 heteroatoms. The maximum Gasteiger partial charge on any atom is 0.107 e. The SMILES string of the molecule is CN(C)c1cccc(Cl)c1C(N)=S. The highest BCUT2D eigenvalue weighted by atomic mass is 35.5. The molecule has 0 heterocycles. The van der Waals surface area contributed by atoms with Crippen LogP contribution < -0.4 is 10.6 Å². The molecule has 0 saturated heterocycles. The van der Waals surface area contributed by atoms with Crippen molar-refractivity contribution in [2.75, 3.05) is 19.0 Å². The molecule has 0 aromatic heterocycles. The first-order valence-corrected chi connectivity index (χ1v) is 4.58. The minimum absolute atomic E-state index is 0.328. The van der Waals surface area contributed by atoms with Gasteiger partial charge in [-0.25, -0.2) is 0 Å². The lowest BCUT2D eigenvalue weighted by atomic mass is 10.1. The largest absolute Gasteiger partial charge is 0.389 e. The number of hydrogen-bond acceptors (Lipinski definition) is 2. The average molecular weight is 215 g/mol. The number of nitrogens with two attached hydrogens (primary N) is 1. The zero-order valence-electron chi connectivity index (χ0n) is 7.54. The Morgan fingerprint density at radius 1 is 1.46 bits per heavy atom. The standard InChI is InChI=1S/C9H11ClN2S/c1-12(2)7-5-3-4-6(10)8(7)9(11)13/h3-5H,1-2H3,(H2,11,13). The molecule has 0 bridgehead atoms. The fourth-order valence-electron chi connectivity index (χ4n) is 1.13. The van der Waals surface area contributed by atoms with Gasteiger partial charge in [0.2, 0.25) is 0 Å². The van der Waals surface area contributed by atoms with Crippen LogP contribution in [0.25, 0.3) is 0 Å². The van der Waals surface area contributed by atoms with Gasteiger partial charge in [-0.05, 0) is 12.1 Å². The summed E-state index contributed by atoms with van der Waals surface area (Å²) in [7, 11) is 3.85. The van der Waals surface area contributed by atoms with Crippen LogP contribution in [0.2, 0.25) is 5.02 Å². The molecule has 0 saturated carbocycles. The van der Waals surface area contributed by atoms with E-state index in [1.165, 1.54) is 0 Å². The number of thiocarbonyl (C=S) groups is 1. The molecule has 0 spiro atoms. The van der Waals surface area contributed by atoms with E-state index in [0.29, 0.717) is 10.0 Å². The lowest BCUT2D eigenvalue weighted by Crippen LogP contribution is -2.18. The van der Waals surface area contributed by atoms with Crippen molar-refractivity contribution in [2.45, 2.75) is 0 Å². The zero-order valence-corrected chi connectivity index (χ0v) is 9.12. The number of nitrogens with zero attached hydrogens (tertiary/aromatic N) is 1. The van der Waals surface area contributed by atoms with Gasteiger partial charge in [-0.1, -0.05) is 29.9 Å². The van der Waals surface area contributed by atoms with E-state index in [9.17, 15) is 0 Å². The van der Waals surface area contributed by atoms with Gasteiger partial charge in [0.25, 0.3) is 0 Å². The minimum Gasteiger partial charge on any atom is -0.389 e. The quantitative estimate of drug-likeness (QED) is 0.765. The third-order valence-electron chi connectivity index (χ3n) is 1.72. The fourth-order valence-corrected chi connectivity index (χ4v) is 1.67. The first-order valence-electron chi connectivity index (χ1n) is 3.79. The van der Waals surface area contributed by atoms with Gasteiger partial charge < -0.3 is 10.6 Å². The summed E-state index contributed by atoms with van der Waals surface area (Å²) in [6.07, 6.45) is 0. The first kappa shape index (κ1) is 10.3. The average Bonchev–Trinajstić information content (AvgIpc) is 2.02. The Morgan fingerprint density at radius 2 is 2.08 bits per heavy atom. The van der Waals surface area contributed by atoms with Gasteiger partial charge in [0.05, 0.1) is 10.6 Å². The monoisotopic (exact) mass is 214 g/mol. The first-order chi connectivity index (χ1) is 6.04. The van der Waals surface area contributed by atoms with Crippen molar-refractivity contribution in [3.8, 4) is 0 Å². The van der Waals surface area contributed by atoms with Crippen LogP contribution in [0, 0.1) is 0 Å². The van der Waals surface area contributed by atoms with E-state index < -0.39 is 0 Å². The zero-order chi connectivity index (χ0) is 10.0. The van der Waals surface area contributed by atoms with Crippen LogP contribution in [-0.2, 0) is 0 Å². The van der Waals surface area contributed by atoms with Crippen molar-refractivity contribution in [3.05, 3.63) is 28.8 Å². The van der Waals surface area contributed by atoms with Crippen LogP contribution in [0.3, 0.4) is 0 Å². The summed E-state index contributed by atoms with van der Waals surface area (Å²) in [6, 6.07) is 5.59. The summed E-state index contributed by atoms with van der Waals surface area (Å²) in [6.45, 7) is 0. The van der Waals surface area contributed by atoms with Gasteiger partial charge in [-0.15, -0.1) is 0 Å². The van der Waals surface area contributed by atoms with Crippen molar-refractivity contribution in [1.82, 2.24) is 0 Å². The van der Waals surface area contributed by atoms with Crippen molar-refractivity contribution in [2.24, 2.45) is 5.73 Å². The maximum absolute atomic E-state index is 5.97. The van der Waals surface area contributed by atoms with Gasteiger partial charge in [-0.3, -0.25) is 0 Å². The second-order valence-corrected chi connectivity index (χ2v) is 3.74. The van der Waals surface area contributed by atoms with E-state index in [2.05, 4.69) is 0 Å². The summed E-state index contributed by atoms with van der Waals surface area (Å²) in [5.74, 6) is 0. The number of anilines is 1. The Morgan fingerprint density at radius 3 is 2.46 bits per heavy atom. The fraction of sp³-hybridized carbons (Fsp3) is 0.222. The van der Waals surface area contributed by atoms with E-state index in [1.54, 1.807) is 6.07 Å². The van der Waals surface area contributed by atoms with Crippen molar-refractivity contribution < 1.29 is 0 Å². The molecular weight excluding hydrogens is 204 g/mol. The molecule has 0 aliphatic rings. The second-order valence-electron chi connectivity index (χ2n) is 2.89. The summed E-state index contributed by atoms with van der Waals surface area (Å²) in [5, 5.41) is 0.596. The van der Waals surface area contributed by atoms with Crippen molar-refractivity contribution in [3.63, 3.8) is 0 Å². The molecule has 0 radical (unpaired) electrons. The van der Waals surface area contributed by atoms with Gasteiger partial charge in [0.1, 0.15) is 4.99 Å². The molecule has 0 fully saturated rings. The Bertz CT molecular complexity index is 336. The molecular formula is C9H11ClN2S. The van der Waals surface area contributed by atoms with Crippen molar-refractivity contribution in [1.29, 1.82) is 0 Å². The van der Waals surface area contributed by atoms with Gasteiger partial charge >= 0.3 is 0 Å². The molecule has 70 valence electrons. The number of hydrogen-bond donors (Lipinski definition) is 1. The summed E-state index contributed by atoms with van der Waals surface area (Å²) in [5.41, 5.74) is 7.26. The molecule has 1 aromatic carbocycles. The summed E-state index contributed by atoms with van der Waals surface area (Å²) in [4.78, 5) is 2.26. The van der Waals surface area contributed by atoms with Gasteiger partial charge in [0, 0.05) is 19.8 Å². The highest BCUT2D eigenvalue weighted by Gasteiger charge is 2.10. The highest BCUT2D eigenvalue weighted by Crippen LogP contribution is 2.25. The van der Waals surface area contributed by atoms with E-state index >= 15 is 0 Å². The van der Waals surface area contributed by atoms with Crippen LogP contribution in [0.15, 0.2) is 18.2 Å². The van der Waals surface area contributed by atoms with Crippen LogP contribution in [0.5, 0.6) is 0 Å². The van der Waals surface area contributed by atoms with Gasteiger partial charge in [0.15, 0.2) is 0 Å². The summed E-state index contributed by atoms with van der Waals surface area (Å²) >= 11 is 10.9.